The Balaban J connectivity index is 1.67. The largest absolute Gasteiger partial charge is 0.399 e. The normalized spacial score (nSPS) is 29.3. The number of hydrogen-bond donors (Lipinski definition) is 3. The maximum Gasteiger partial charge on any atom is 0.139 e. The Morgan fingerprint density at radius 3 is 2.50 bits per heavy atom. The Hall–Kier alpha value is -1.66. The first-order valence-electron chi connectivity index (χ1n) is 9.90. The summed E-state index contributed by atoms with van der Waals surface area (Å²) in [6, 6.07) is 0.730. The number of nitrogens with one attached hydrogen (secondary N) is 1. The molecule has 0 amide bonds. The molecule has 1 aromatic heterocycles. The number of aromatic nitrogens is 2. The summed E-state index contributed by atoms with van der Waals surface area (Å²) < 4.78 is 5.47. The molecular weight excluding hydrogens is 326 g/mol. The molecule has 2 saturated carbocycles. The van der Waals surface area contributed by atoms with E-state index in [1.54, 1.807) is 0 Å². The third kappa shape index (κ3) is 4.95. The van der Waals surface area contributed by atoms with Crippen LogP contribution in [0.3, 0.4) is 0 Å². The van der Waals surface area contributed by atoms with Crippen molar-refractivity contribution < 1.29 is 4.74 Å². The van der Waals surface area contributed by atoms with Gasteiger partial charge in [0.1, 0.15) is 11.6 Å². The molecule has 0 bridgehead atoms. The molecule has 2 aliphatic carbocycles. The van der Waals surface area contributed by atoms with Gasteiger partial charge in [-0.25, -0.2) is 9.97 Å². The zero-order chi connectivity index (χ0) is 18.5. The SMILES string of the molecule is C=C(N)c1cnc(CC2CCC(OC)CC2)nc1NC1CCC(N)CC1. The molecule has 3 rings (SSSR count). The van der Waals surface area contributed by atoms with Crippen LogP contribution in [0.15, 0.2) is 12.8 Å². The summed E-state index contributed by atoms with van der Waals surface area (Å²) in [5.41, 5.74) is 13.3. The Kier molecular flexibility index (Phi) is 6.48. The molecule has 1 aromatic rings. The van der Waals surface area contributed by atoms with Crippen LogP contribution in [-0.4, -0.2) is 35.3 Å². The molecule has 0 spiro atoms. The predicted octanol–water partition coefficient (Wildman–Crippen LogP) is 2.84. The summed E-state index contributed by atoms with van der Waals surface area (Å²) in [5, 5.41) is 3.58. The van der Waals surface area contributed by atoms with Crippen molar-refractivity contribution in [3.63, 3.8) is 0 Å². The van der Waals surface area contributed by atoms with Gasteiger partial charge in [-0.05, 0) is 57.3 Å². The van der Waals surface area contributed by atoms with E-state index in [2.05, 4.69) is 16.9 Å². The number of hydrogen-bond acceptors (Lipinski definition) is 6. The summed E-state index contributed by atoms with van der Waals surface area (Å²) in [6.45, 7) is 3.88. The van der Waals surface area contributed by atoms with Crippen LogP contribution in [0, 0.1) is 5.92 Å². The molecule has 2 fully saturated rings. The number of anilines is 1. The Labute approximate surface area is 156 Å². The predicted molar refractivity (Wildman–Crippen MR) is 106 cm³/mol. The Bertz CT molecular complexity index is 604. The van der Waals surface area contributed by atoms with Crippen molar-refractivity contribution in [3.8, 4) is 0 Å². The lowest BCUT2D eigenvalue weighted by molar-refractivity contribution is 0.0566. The van der Waals surface area contributed by atoms with Crippen LogP contribution < -0.4 is 16.8 Å². The van der Waals surface area contributed by atoms with Crippen LogP contribution >= 0.6 is 0 Å². The second-order valence-corrected chi connectivity index (χ2v) is 7.91. The monoisotopic (exact) mass is 359 g/mol. The van der Waals surface area contributed by atoms with Gasteiger partial charge in [-0.2, -0.15) is 0 Å². The highest BCUT2D eigenvalue weighted by Gasteiger charge is 2.23. The van der Waals surface area contributed by atoms with Crippen molar-refractivity contribution in [1.82, 2.24) is 9.97 Å². The van der Waals surface area contributed by atoms with Crippen LogP contribution in [0.4, 0.5) is 5.82 Å². The molecule has 6 heteroatoms. The van der Waals surface area contributed by atoms with Crippen LogP contribution in [0.5, 0.6) is 0 Å². The maximum atomic E-state index is 6.02. The first kappa shape index (κ1) is 19.1. The molecule has 144 valence electrons. The second-order valence-electron chi connectivity index (χ2n) is 7.91. The topological polar surface area (TPSA) is 99.1 Å². The molecule has 0 aromatic carbocycles. The Morgan fingerprint density at radius 2 is 1.88 bits per heavy atom. The highest BCUT2D eigenvalue weighted by Crippen LogP contribution is 2.29. The number of rotatable bonds is 6. The lowest BCUT2D eigenvalue weighted by Crippen LogP contribution is -2.33. The third-order valence-electron chi connectivity index (χ3n) is 5.90. The first-order chi connectivity index (χ1) is 12.5. The van der Waals surface area contributed by atoms with Gasteiger partial charge >= 0.3 is 0 Å². The average molecular weight is 360 g/mol. The molecule has 5 N–H and O–H groups in total. The minimum Gasteiger partial charge on any atom is -0.399 e. The quantitative estimate of drug-likeness (QED) is 0.722. The van der Waals surface area contributed by atoms with Gasteiger partial charge in [0, 0.05) is 37.5 Å². The number of methoxy groups -OCH3 is 1. The molecule has 1 heterocycles. The summed E-state index contributed by atoms with van der Waals surface area (Å²) in [5.74, 6) is 2.35. The highest BCUT2D eigenvalue weighted by molar-refractivity contribution is 5.70. The third-order valence-corrected chi connectivity index (χ3v) is 5.90. The van der Waals surface area contributed by atoms with E-state index in [1.807, 2.05) is 13.3 Å². The summed E-state index contributed by atoms with van der Waals surface area (Å²) in [4.78, 5) is 9.37. The molecule has 26 heavy (non-hydrogen) atoms. The number of nitrogens with two attached hydrogens (primary N) is 2. The van der Waals surface area contributed by atoms with Crippen LogP contribution in [0.2, 0.25) is 0 Å². The molecule has 0 aliphatic heterocycles. The van der Waals surface area contributed by atoms with Crippen LogP contribution in [-0.2, 0) is 11.2 Å². The van der Waals surface area contributed by atoms with Crippen molar-refractivity contribution in [2.24, 2.45) is 17.4 Å². The zero-order valence-corrected chi connectivity index (χ0v) is 15.9. The fourth-order valence-corrected chi connectivity index (χ4v) is 4.15. The minimum atomic E-state index is 0.334. The molecule has 6 nitrogen and oxygen atoms in total. The van der Waals surface area contributed by atoms with Crippen molar-refractivity contribution in [2.45, 2.75) is 76.0 Å². The smallest absolute Gasteiger partial charge is 0.139 e. The summed E-state index contributed by atoms with van der Waals surface area (Å²) in [6.07, 6.45) is 12.0. The summed E-state index contributed by atoms with van der Waals surface area (Å²) >= 11 is 0. The van der Waals surface area contributed by atoms with E-state index in [-0.39, 0.29) is 0 Å². The van der Waals surface area contributed by atoms with E-state index in [0.29, 0.717) is 29.8 Å². The minimum absolute atomic E-state index is 0.334. The second kappa shape index (κ2) is 8.82. The van der Waals surface area contributed by atoms with Crippen molar-refractivity contribution in [2.75, 3.05) is 12.4 Å². The van der Waals surface area contributed by atoms with E-state index in [0.717, 1.165) is 62.2 Å². The first-order valence-corrected chi connectivity index (χ1v) is 9.90. The lowest BCUT2D eigenvalue weighted by atomic mass is 9.85. The molecule has 0 saturated heterocycles. The van der Waals surface area contributed by atoms with Crippen LogP contribution in [0.25, 0.3) is 5.70 Å². The van der Waals surface area contributed by atoms with Gasteiger partial charge in [0.2, 0.25) is 0 Å². The molecule has 0 radical (unpaired) electrons. The Morgan fingerprint density at radius 1 is 1.19 bits per heavy atom. The highest BCUT2D eigenvalue weighted by atomic mass is 16.5. The van der Waals surface area contributed by atoms with Crippen molar-refractivity contribution >= 4 is 11.5 Å². The maximum absolute atomic E-state index is 6.02. The molecule has 2 aliphatic rings. The van der Waals surface area contributed by atoms with Gasteiger partial charge in [-0.1, -0.05) is 6.58 Å². The van der Waals surface area contributed by atoms with Gasteiger partial charge in [-0.3, -0.25) is 0 Å². The van der Waals surface area contributed by atoms with Crippen LogP contribution in [0.1, 0.15) is 62.8 Å². The zero-order valence-electron chi connectivity index (χ0n) is 15.9. The number of ether oxygens (including phenoxy) is 1. The van der Waals surface area contributed by atoms with Gasteiger partial charge in [0.15, 0.2) is 0 Å². The van der Waals surface area contributed by atoms with E-state index >= 15 is 0 Å². The fraction of sp³-hybridized carbons (Fsp3) is 0.700. The van der Waals surface area contributed by atoms with E-state index in [4.69, 9.17) is 21.2 Å². The average Bonchev–Trinajstić information content (AvgIpc) is 2.64. The van der Waals surface area contributed by atoms with Crippen molar-refractivity contribution in [3.05, 3.63) is 24.2 Å². The molecule has 0 unspecified atom stereocenters. The van der Waals surface area contributed by atoms with Gasteiger partial charge in [0.25, 0.3) is 0 Å². The van der Waals surface area contributed by atoms with Crippen molar-refractivity contribution in [1.29, 1.82) is 0 Å². The lowest BCUT2D eigenvalue weighted by Gasteiger charge is -2.29. The van der Waals surface area contributed by atoms with Gasteiger partial charge in [0.05, 0.1) is 11.7 Å². The molecule has 0 atom stereocenters. The standard InChI is InChI=1S/C20H33N5O/c1-13(21)18-12-23-19(11-14-3-9-17(26-2)10-4-14)25-20(18)24-16-7-5-15(22)6-8-16/h12,14-17H,1,3-11,21-22H2,2H3,(H,23,24,25). The van der Waals surface area contributed by atoms with Gasteiger partial charge < -0.3 is 21.5 Å². The van der Waals surface area contributed by atoms with E-state index in [9.17, 15) is 0 Å². The van der Waals surface area contributed by atoms with E-state index < -0.39 is 0 Å². The fourth-order valence-electron chi connectivity index (χ4n) is 4.15. The van der Waals surface area contributed by atoms with E-state index in [1.165, 1.54) is 12.8 Å². The summed E-state index contributed by atoms with van der Waals surface area (Å²) in [7, 11) is 1.81. The number of nitrogens with zero attached hydrogens (tertiary/aromatic N) is 2. The van der Waals surface area contributed by atoms with Gasteiger partial charge in [-0.15, -0.1) is 0 Å². The molecular formula is C20H33N5O.